The molecule has 0 saturated carbocycles. The molecule has 0 bridgehead atoms. The Balaban J connectivity index is 1.61. The van der Waals surface area contributed by atoms with E-state index in [2.05, 4.69) is 11.0 Å². The van der Waals surface area contributed by atoms with Gasteiger partial charge in [-0.05, 0) is 6.07 Å². The Morgan fingerprint density at radius 2 is 1.71 bits per heavy atom. The van der Waals surface area contributed by atoms with Gasteiger partial charge in [0.15, 0.2) is 0 Å². The number of nitriles is 1. The lowest BCUT2D eigenvalue weighted by Crippen LogP contribution is -2.55. The van der Waals surface area contributed by atoms with E-state index in [1.54, 1.807) is 6.07 Å². The molecule has 7 heteroatoms. The minimum atomic E-state index is -0.376. The van der Waals surface area contributed by atoms with Gasteiger partial charge in [-0.3, -0.25) is 4.90 Å². The predicted octanol–water partition coefficient (Wildman–Crippen LogP) is 1.97. The van der Waals surface area contributed by atoms with E-state index >= 15 is 0 Å². The first-order valence-corrected chi connectivity index (χ1v) is 8.58. The zero-order valence-corrected chi connectivity index (χ0v) is 14.3. The zero-order chi connectivity index (χ0) is 16.9. The average Bonchev–Trinajstić information content (AvgIpc) is 2.64. The monoisotopic (exact) mass is 348 g/mol. The van der Waals surface area contributed by atoms with E-state index in [4.69, 9.17) is 16.3 Å². The predicted molar refractivity (Wildman–Crippen MR) is 90.7 cm³/mol. The van der Waals surface area contributed by atoms with Crippen LogP contribution < -0.4 is 0 Å². The van der Waals surface area contributed by atoms with Gasteiger partial charge in [0.1, 0.15) is 6.04 Å². The number of hydrogen-bond acceptors (Lipinski definition) is 4. The van der Waals surface area contributed by atoms with E-state index in [-0.39, 0.29) is 12.1 Å². The molecular formula is C17H21ClN4O2. The molecule has 1 atom stereocenters. The summed E-state index contributed by atoms with van der Waals surface area (Å²) in [5, 5.41) is 10.2. The van der Waals surface area contributed by atoms with Crippen LogP contribution in [0, 0.1) is 11.3 Å². The summed E-state index contributed by atoms with van der Waals surface area (Å²) < 4.78 is 5.29. The second kappa shape index (κ2) is 7.84. The molecule has 6 nitrogen and oxygen atoms in total. The van der Waals surface area contributed by atoms with Gasteiger partial charge < -0.3 is 14.5 Å². The molecular weight excluding hydrogens is 328 g/mol. The van der Waals surface area contributed by atoms with Crippen LogP contribution in [-0.4, -0.2) is 73.2 Å². The maximum atomic E-state index is 12.5. The van der Waals surface area contributed by atoms with Crippen LogP contribution in [0.15, 0.2) is 24.3 Å². The van der Waals surface area contributed by atoms with Gasteiger partial charge in [0.05, 0.1) is 19.3 Å². The Morgan fingerprint density at radius 1 is 1.08 bits per heavy atom. The van der Waals surface area contributed by atoms with Gasteiger partial charge in [-0.2, -0.15) is 5.26 Å². The Morgan fingerprint density at radius 3 is 2.33 bits per heavy atom. The average molecular weight is 349 g/mol. The highest BCUT2D eigenvalue weighted by atomic mass is 35.5. The van der Waals surface area contributed by atoms with Crippen molar-refractivity contribution in [1.82, 2.24) is 14.7 Å². The lowest BCUT2D eigenvalue weighted by Gasteiger charge is -2.40. The molecule has 2 fully saturated rings. The van der Waals surface area contributed by atoms with Crippen LogP contribution >= 0.6 is 11.6 Å². The molecule has 0 N–H and O–H groups in total. The third-order valence-electron chi connectivity index (χ3n) is 4.55. The number of rotatable bonds is 2. The van der Waals surface area contributed by atoms with Crippen molar-refractivity contribution in [3.05, 3.63) is 34.9 Å². The first kappa shape index (κ1) is 17.0. The van der Waals surface area contributed by atoms with Crippen molar-refractivity contribution < 1.29 is 9.53 Å². The quantitative estimate of drug-likeness (QED) is 0.820. The minimum absolute atomic E-state index is 0.0733. The molecule has 2 amide bonds. The molecule has 2 saturated heterocycles. The van der Waals surface area contributed by atoms with Crippen LogP contribution in [0.25, 0.3) is 0 Å². The normalized spacial score (nSPS) is 20.5. The molecule has 1 aromatic rings. The second-order valence-electron chi connectivity index (χ2n) is 5.96. The fourth-order valence-corrected chi connectivity index (χ4v) is 3.41. The Bertz CT molecular complexity index is 619. The summed E-state index contributed by atoms with van der Waals surface area (Å²) in [6, 6.07) is 9.49. The van der Waals surface area contributed by atoms with Crippen molar-refractivity contribution >= 4 is 17.6 Å². The topological polar surface area (TPSA) is 59.8 Å². The van der Waals surface area contributed by atoms with E-state index < -0.39 is 0 Å². The number of carbonyl (C=O) groups excluding carboxylic acids is 1. The molecule has 3 rings (SSSR count). The molecule has 24 heavy (non-hydrogen) atoms. The van der Waals surface area contributed by atoms with Crippen molar-refractivity contribution in [3.8, 4) is 6.07 Å². The van der Waals surface area contributed by atoms with Crippen molar-refractivity contribution in [2.24, 2.45) is 0 Å². The van der Waals surface area contributed by atoms with Gasteiger partial charge in [-0.15, -0.1) is 0 Å². The number of urea groups is 1. The summed E-state index contributed by atoms with van der Waals surface area (Å²) in [4.78, 5) is 18.3. The highest BCUT2D eigenvalue weighted by Gasteiger charge is 2.30. The van der Waals surface area contributed by atoms with E-state index in [1.165, 1.54) is 0 Å². The lowest BCUT2D eigenvalue weighted by atomic mass is 10.1. The smallest absolute Gasteiger partial charge is 0.320 e. The van der Waals surface area contributed by atoms with Crippen molar-refractivity contribution in [1.29, 1.82) is 5.26 Å². The first-order valence-electron chi connectivity index (χ1n) is 8.20. The van der Waals surface area contributed by atoms with Crippen LogP contribution in [0.1, 0.15) is 11.6 Å². The largest absolute Gasteiger partial charge is 0.378 e. The van der Waals surface area contributed by atoms with Gasteiger partial charge in [-0.1, -0.05) is 29.8 Å². The molecule has 2 aliphatic heterocycles. The molecule has 1 unspecified atom stereocenters. The number of piperazine rings is 1. The lowest BCUT2D eigenvalue weighted by molar-refractivity contribution is 0.0363. The molecule has 0 radical (unpaired) electrons. The van der Waals surface area contributed by atoms with E-state index in [0.29, 0.717) is 57.5 Å². The van der Waals surface area contributed by atoms with E-state index in [9.17, 15) is 10.1 Å². The van der Waals surface area contributed by atoms with Gasteiger partial charge in [-0.25, -0.2) is 4.79 Å². The van der Waals surface area contributed by atoms with Crippen molar-refractivity contribution in [2.75, 3.05) is 52.5 Å². The molecule has 0 aliphatic carbocycles. The van der Waals surface area contributed by atoms with Crippen LogP contribution in [0.4, 0.5) is 4.79 Å². The molecule has 0 aromatic heterocycles. The number of carbonyl (C=O) groups is 1. The van der Waals surface area contributed by atoms with Crippen LogP contribution in [0.5, 0.6) is 0 Å². The summed E-state index contributed by atoms with van der Waals surface area (Å²) in [5.41, 5.74) is 0.828. The third kappa shape index (κ3) is 3.64. The summed E-state index contributed by atoms with van der Waals surface area (Å²) >= 11 is 6.24. The van der Waals surface area contributed by atoms with Crippen molar-refractivity contribution in [3.63, 3.8) is 0 Å². The number of nitrogens with zero attached hydrogens (tertiary/aromatic N) is 4. The fraction of sp³-hybridized carbons (Fsp3) is 0.529. The number of morpholine rings is 1. The standard InChI is InChI=1S/C17H21ClN4O2/c18-15-4-2-1-3-14(15)16(13-19)20-5-7-21(8-6-20)17(23)22-9-11-24-12-10-22/h1-4,16H,5-12H2. The maximum absolute atomic E-state index is 12.5. The molecule has 0 spiro atoms. The number of hydrogen-bond donors (Lipinski definition) is 0. The summed E-state index contributed by atoms with van der Waals surface area (Å²) in [6.45, 7) is 5.10. The maximum Gasteiger partial charge on any atom is 0.320 e. The third-order valence-corrected chi connectivity index (χ3v) is 4.90. The summed E-state index contributed by atoms with van der Waals surface area (Å²) in [7, 11) is 0. The van der Waals surface area contributed by atoms with E-state index in [0.717, 1.165) is 5.56 Å². The van der Waals surface area contributed by atoms with Crippen LogP contribution in [0.2, 0.25) is 5.02 Å². The number of amides is 2. The molecule has 1 aromatic carbocycles. The minimum Gasteiger partial charge on any atom is -0.378 e. The molecule has 2 heterocycles. The van der Waals surface area contributed by atoms with Gasteiger partial charge in [0.2, 0.25) is 0 Å². The number of benzene rings is 1. The van der Waals surface area contributed by atoms with Gasteiger partial charge in [0, 0.05) is 49.9 Å². The summed E-state index contributed by atoms with van der Waals surface area (Å²) in [6.07, 6.45) is 0. The molecule has 2 aliphatic rings. The van der Waals surface area contributed by atoms with Crippen LogP contribution in [0.3, 0.4) is 0 Å². The van der Waals surface area contributed by atoms with E-state index in [1.807, 2.05) is 28.0 Å². The summed E-state index contributed by atoms with van der Waals surface area (Å²) in [5.74, 6) is 0. The highest BCUT2D eigenvalue weighted by molar-refractivity contribution is 6.31. The Labute approximate surface area is 147 Å². The first-order chi connectivity index (χ1) is 11.7. The van der Waals surface area contributed by atoms with Crippen LogP contribution in [-0.2, 0) is 4.74 Å². The second-order valence-corrected chi connectivity index (χ2v) is 6.37. The highest BCUT2D eigenvalue weighted by Crippen LogP contribution is 2.27. The van der Waals surface area contributed by atoms with Crippen molar-refractivity contribution in [2.45, 2.75) is 6.04 Å². The fourth-order valence-electron chi connectivity index (χ4n) is 3.17. The number of ether oxygens (including phenoxy) is 1. The molecule has 128 valence electrons. The zero-order valence-electron chi connectivity index (χ0n) is 13.5. The SMILES string of the molecule is N#CC(c1ccccc1Cl)N1CCN(C(=O)N2CCOCC2)CC1. The van der Waals surface area contributed by atoms with Gasteiger partial charge in [0.25, 0.3) is 0 Å². The Kier molecular flexibility index (Phi) is 5.56. The van der Waals surface area contributed by atoms with Gasteiger partial charge >= 0.3 is 6.03 Å². The Hall–Kier alpha value is -1.81. The number of halogens is 1.